The molecule has 1 fully saturated rings. The molecule has 2 rings (SSSR count). The van der Waals surface area contributed by atoms with E-state index in [1.54, 1.807) is 6.07 Å². The smallest absolute Gasteiger partial charge is 0.291 e. The molecule has 25 heavy (non-hydrogen) atoms. The van der Waals surface area contributed by atoms with E-state index in [2.05, 4.69) is 15.2 Å². The van der Waals surface area contributed by atoms with Gasteiger partial charge in [0.05, 0.1) is 19.3 Å². The van der Waals surface area contributed by atoms with Crippen molar-refractivity contribution in [3.05, 3.63) is 35.4 Å². The highest BCUT2D eigenvalue weighted by molar-refractivity contribution is 6.04. The van der Waals surface area contributed by atoms with Gasteiger partial charge >= 0.3 is 0 Å². The third kappa shape index (κ3) is 7.23. The van der Waals surface area contributed by atoms with Crippen LogP contribution in [-0.4, -0.2) is 62.3 Å². The van der Waals surface area contributed by atoms with E-state index in [0.717, 1.165) is 44.8 Å². The fraction of sp³-hybridized carbons (Fsp3) is 0.579. The molecule has 1 saturated heterocycles. The van der Waals surface area contributed by atoms with Crippen molar-refractivity contribution in [2.45, 2.75) is 33.3 Å². The first-order valence-corrected chi connectivity index (χ1v) is 8.94. The average molecular weight is 347 g/mol. The third-order valence-electron chi connectivity index (χ3n) is 3.84. The van der Waals surface area contributed by atoms with Crippen LogP contribution in [0.4, 0.5) is 0 Å². The minimum atomic E-state index is -0.198. The zero-order valence-corrected chi connectivity index (χ0v) is 15.5. The standard InChI is InChI=1S/C19H29N3O3/c1-15(2)25-19(20-8-5-9-22-10-12-24-13-11-22)21-18(23)17-7-4-6-16(3)14-17/h4,6-7,14-15H,5,8-13H2,1-3H3,(H,20,21,23). The van der Waals surface area contributed by atoms with Gasteiger partial charge in [-0.1, -0.05) is 17.7 Å². The van der Waals surface area contributed by atoms with Crippen LogP contribution in [0.3, 0.4) is 0 Å². The molecule has 1 aliphatic rings. The number of carbonyl (C=O) groups excluding carboxylic acids is 1. The second-order valence-electron chi connectivity index (χ2n) is 6.48. The van der Waals surface area contributed by atoms with Crippen LogP contribution in [0, 0.1) is 6.92 Å². The third-order valence-corrected chi connectivity index (χ3v) is 3.84. The van der Waals surface area contributed by atoms with Crippen molar-refractivity contribution < 1.29 is 14.3 Å². The lowest BCUT2D eigenvalue weighted by atomic mass is 10.1. The maximum atomic E-state index is 12.4. The number of benzene rings is 1. The van der Waals surface area contributed by atoms with Crippen molar-refractivity contribution in [1.82, 2.24) is 10.2 Å². The number of rotatable bonds is 6. The van der Waals surface area contributed by atoms with Gasteiger partial charge in [-0.3, -0.25) is 15.0 Å². The predicted octanol–water partition coefficient (Wildman–Crippen LogP) is 2.23. The monoisotopic (exact) mass is 347 g/mol. The summed E-state index contributed by atoms with van der Waals surface area (Å²) in [4.78, 5) is 19.2. The molecule has 1 N–H and O–H groups in total. The van der Waals surface area contributed by atoms with Gasteiger partial charge in [0.15, 0.2) is 0 Å². The number of hydrogen-bond donors (Lipinski definition) is 1. The highest BCUT2D eigenvalue weighted by atomic mass is 16.5. The Kier molecular flexibility index (Phi) is 7.88. The Hall–Kier alpha value is -1.92. The van der Waals surface area contributed by atoms with Crippen LogP contribution >= 0.6 is 0 Å². The average Bonchev–Trinajstić information content (AvgIpc) is 2.59. The number of amidine groups is 1. The number of ether oxygens (including phenoxy) is 2. The zero-order chi connectivity index (χ0) is 18.1. The van der Waals surface area contributed by atoms with E-state index in [-0.39, 0.29) is 12.0 Å². The number of carbonyl (C=O) groups is 1. The van der Waals surface area contributed by atoms with Crippen LogP contribution in [-0.2, 0) is 9.47 Å². The Bertz CT molecular complexity index is 581. The zero-order valence-electron chi connectivity index (χ0n) is 15.5. The van der Waals surface area contributed by atoms with Crippen molar-refractivity contribution >= 4 is 11.9 Å². The van der Waals surface area contributed by atoms with Gasteiger partial charge in [-0.05, 0) is 39.3 Å². The molecule has 0 unspecified atom stereocenters. The van der Waals surface area contributed by atoms with Gasteiger partial charge in [-0.2, -0.15) is 0 Å². The van der Waals surface area contributed by atoms with Crippen LogP contribution in [0.2, 0.25) is 0 Å². The molecule has 0 saturated carbocycles. The molecule has 0 aromatic heterocycles. The van der Waals surface area contributed by atoms with Crippen molar-refractivity contribution in [3.63, 3.8) is 0 Å². The summed E-state index contributed by atoms with van der Waals surface area (Å²) in [7, 11) is 0. The number of morpholine rings is 1. The minimum absolute atomic E-state index is 0.0456. The number of amides is 1. The molecule has 0 radical (unpaired) electrons. The second kappa shape index (κ2) is 10.2. The first-order chi connectivity index (χ1) is 12.0. The predicted molar refractivity (Wildman–Crippen MR) is 99.0 cm³/mol. The van der Waals surface area contributed by atoms with Gasteiger partial charge in [0.2, 0.25) is 0 Å². The summed E-state index contributed by atoms with van der Waals surface area (Å²) < 4.78 is 11.0. The van der Waals surface area contributed by atoms with Crippen LogP contribution in [0.1, 0.15) is 36.2 Å². The summed E-state index contributed by atoms with van der Waals surface area (Å²) in [6, 6.07) is 7.76. The molecule has 0 spiro atoms. The topological polar surface area (TPSA) is 63.2 Å². The Morgan fingerprint density at radius 3 is 2.80 bits per heavy atom. The highest BCUT2D eigenvalue weighted by Gasteiger charge is 2.12. The van der Waals surface area contributed by atoms with Gasteiger partial charge < -0.3 is 9.47 Å². The van der Waals surface area contributed by atoms with E-state index in [1.165, 1.54) is 0 Å². The molecule has 0 bridgehead atoms. The number of aryl methyl sites for hydroxylation is 1. The summed E-state index contributed by atoms with van der Waals surface area (Å²) in [5.74, 6) is -0.198. The Morgan fingerprint density at radius 1 is 1.36 bits per heavy atom. The van der Waals surface area contributed by atoms with Gasteiger partial charge in [0, 0.05) is 31.7 Å². The number of hydrogen-bond acceptors (Lipinski definition) is 5. The van der Waals surface area contributed by atoms with Gasteiger partial charge in [-0.25, -0.2) is 4.99 Å². The summed E-state index contributed by atoms with van der Waals surface area (Å²) in [6.45, 7) is 11.0. The molecule has 1 heterocycles. The Balaban J connectivity index is 1.87. The fourth-order valence-corrected chi connectivity index (χ4v) is 2.58. The van der Waals surface area contributed by atoms with Gasteiger partial charge in [0.25, 0.3) is 11.9 Å². The van der Waals surface area contributed by atoms with Crippen molar-refractivity contribution in [2.75, 3.05) is 39.4 Å². The second-order valence-corrected chi connectivity index (χ2v) is 6.48. The van der Waals surface area contributed by atoms with E-state index in [1.807, 2.05) is 39.0 Å². The normalized spacial score (nSPS) is 16.1. The van der Waals surface area contributed by atoms with E-state index in [4.69, 9.17) is 9.47 Å². The molecule has 1 aliphatic heterocycles. The lowest BCUT2D eigenvalue weighted by molar-refractivity contribution is 0.0377. The first-order valence-electron chi connectivity index (χ1n) is 8.94. The fourth-order valence-electron chi connectivity index (χ4n) is 2.58. The lowest BCUT2D eigenvalue weighted by Crippen LogP contribution is -2.37. The van der Waals surface area contributed by atoms with Crippen molar-refractivity contribution in [1.29, 1.82) is 0 Å². The highest BCUT2D eigenvalue weighted by Crippen LogP contribution is 2.04. The largest absolute Gasteiger partial charge is 0.462 e. The molecule has 6 heteroatoms. The van der Waals surface area contributed by atoms with Gasteiger partial charge in [-0.15, -0.1) is 0 Å². The van der Waals surface area contributed by atoms with Crippen LogP contribution in [0.25, 0.3) is 0 Å². The molecule has 1 aromatic rings. The Labute approximate surface area is 150 Å². The van der Waals surface area contributed by atoms with Crippen LogP contribution < -0.4 is 5.32 Å². The first kappa shape index (κ1) is 19.4. The minimum Gasteiger partial charge on any atom is -0.462 e. The lowest BCUT2D eigenvalue weighted by Gasteiger charge is -2.26. The molecule has 138 valence electrons. The molecule has 1 amide bonds. The number of nitrogens with one attached hydrogen (secondary N) is 1. The quantitative estimate of drug-likeness (QED) is 0.487. The van der Waals surface area contributed by atoms with Crippen LogP contribution in [0.15, 0.2) is 29.3 Å². The van der Waals surface area contributed by atoms with E-state index < -0.39 is 0 Å². The number of aliphatic imine (C=N–C) groups is 1. The summed E-state index contributed by atoms with van der Waals surface area (Å²) >= 11 is 0. The molecule has 0 atom stereocenters. The summed E-state index contributed by atoms with van der Waals surface area (Å²) in [6.07, 6.45) is 0.876. The van der Waals surface area contributed by atoms with E-state index in [0.29, 0.717) is 18.1 Å². The number of nitrogens with zero attached hydrogens (tertiary/aromatic N) is 2. The summed E-state index contributed by atoms with van der Waals surface area (Å²) in [5, 5.41) is 2.79. The van der Waals surface area contributed by atoms with Crippen molar-refractivity contribution in [3.8, 4) is 0 Å². The molecule has 0 aliphatic carbocycles. The molecule has 1 aromatic carbocycles. The molecular weight excluding hydrogens is 318 g/mol. The Morgan fingerprint density at radius 2 is 2.12 bits per heavy atom. The van der Waals surface area contributed by atoms with E-state index >= 15 is 0 Å². The van der Waals surface area contributed by atoms with Gasteiger partial charge in [0.1, 0.15) is 0 Å². The van der Waals surface area contributed by atoms with E-state index in [9.17, 15) is 4.79 Å². The molecule has 6 nitrogen and oxygen atoms in total. The summed E-state index contributed by atoms with van der Waals surface area (Å²) in [5.41, 5.74) is 1.65. The maximum absolute atomic E-state index is 12.4. The van der Waals surface area contributed by atoms with Crippen molar-refractivity contribution in [2.24, 2.45) is 4.99 Å². The molecular formula is C19H29N3O3. The SMILES string of the molecule is Cc1cccc(C(=O)NC(=NCCCN2CCOCC2)OC(C)C)c1. The maximum Gasteiger partial charge on any atom is 0.291 e. The van der Waals surface area contributed by atoms with Crippen LogP contribution in [0.5, 0.6) is 0 Å².